The lowest BCUT2D eigenvalue weighted by molar-refractivity contribution is -0.384. The fourth-order valence-corrected chi connectivity index (χ4v) is 2.95. The van der Waals surface area contributed by atoms with Gasteiger partial charge in [0.05, 0.1) is 21.9 Å². The van der Waals surface area contributed by atoms with Gasteiger partial charge in [0.1, 0.15) is 6.61 Å². The normalized spacial score (nSPS) is 10.8. The van der Waals surface area contributed by atoms with Gasteiger partial charge in [-0.2, -0.15) is 0 Å². The average Bonchev–Trinajstić information content (AvgIpc) is 3.05. The number of carbonyl (C=O) groups excluding carboxylic acids is 1. The maximum atomic E-state index is 11.1. The minimum atomic E-state index is -0.428. The van der Waals surface area contributed by atoms with Gasteiger partial charge in [0.2, 0.25) is 0 Å². The van der Waals surface area contributed by atoms with Crippen molar-refractivity contribution in [3.05, 3.63) is 51.7 Å². The van der Waals surface area contributed by atoms with Gasteiger partial charge in [-0.1, -0.05) is 12.1 Å². The molecule has 0 atom stereocenters. The molecule has 0 unspecified atom stereocenters. The van der Waals surface area contributed by atoms with Gasteiger partial charge < -0.3 is 4.74 Å². The molecule has 3 aromatic rings. The van der Waals surface area contributed by atoms with Gasteiger partial charge in [-0.25, -0.2) is 4.98 Å². The molecular weight excluding hydrogens is 306 g/mol. The number of hydrogen-bond acceptors (Lipinski definition) is 6. The highest BCUT2D eigenvalue weighted by Gasteiger charge is 2.18. The van der Waals surface area contributed by atoms with Crippen LogP contribution >= 0.6 is 11.3 Å². The van der Waals surface area contributed by atoms with Gasteiger partial charge in [0, 0.05) is 24.6 Å². The van der Waals surface area contributed by atoms with Crippen molar-refractivity contribution < 1.29 is 14.5 Å². The van der Waals surface area contributed by atoms with Gasteiger partial charge in [-0.15, -0.1) is 11.3 Å². The summed E-state index contributed by atoms with van der Waals surface area (Å²) < 4.78 is 6.76. The van der Waals surface area contributed by atoms with E-state index in [0.29, 0.717) is 16.2 Å². The molecule has 8 heteroatoms. The highest BCUT2D eigenvalue weighted by atomic mass is 32.1. The monoisotopic (exact) mass is 317 g/mol. The Hall–Kier alpha value is -2.74. The molecule has 0 saturated carbocycles. The molecule has 0 radical (unpaired) electrons. The first-order valence-corrected chi connectivity index (χ1v) is 7.27. The van der Waals surface area contributed by atoms with Gasteiger partial charge in [-0.3, -0.25) is 19.3 Å². The first kappa shape index (κ1) is 14.2. The minimum Gasteiger partial charge on any atom is -0.459 e. The predicted octanol–water partition coefficient (Wildman–Crippen LogP) is 3.03. The second-order valence-electron chi connectivity index (χ2n) is 4.56. The number of nitrogens with zero attached hydrogens (tertiary/aromatic N) is 3. The first-order valence-electron chi connectivity index (χ1n) is 6.39. The maximum absolute atomic E-state index is 11.1. The molecule has 22 heavy (non-hydrogen) atoms. The van der Waals surface area contributed by atoms with Crippen molar-refractivity contribution in [2.45, 2.75) is 13.5 Å². The fourth-order valence-electron chi connectivity index (χ4n) is 2.09. The molecule has 0 aliphatic heterocycles. The smallest absolute Gasteiger partial charge is 0.303 e. The molecule has 0 bridgehead atoms. The number of thiazole rings is 1. The van der Waals surface area contributed by atoms with Gasteiger partial charge >= 0.3 is 5.97 Å². The topological polar surface area (TPSA) is 86.7 Å². The summed E-state index contributed by atoms with van der Waals surface area (Å²) in [6.45, 7) is 1.48. The van der Waals surface area contributed by atoms with Crippen molar-refractivity contribution in [2.75, 3.05) is 0 Å². The maximum Gasteiger partial charge on any atom is 0.303 e. The molecule has 3 rings (SSSR count). The van der Waals surface area contributed by atoms with Gasteiger partial charge in [0.15, 0.2) is 4.96 Å². The molecule has 0 amide bonds. The zero-order chi connectivity index (χ0) is 15.7. The number of fused-ring (bicyclic) bond motifs is 1. The van der Waals surface area contributed by atoms with Crippen molar-refractivity contribution in [3.63, 3.8) is 0 Å². The zero-order valence-corrected chi connectivity index (χ0v) is 12.4. The molecule has 1 aromatic carbocycles. The molecule has 112 valence electrons. The molecule has 2 aromatic heterocycles. The Morgan fingerprint density at radius 1 is 1.45 bits per heavy atom. The molecule has 7 nitrogen and oxygen atoms in total. The number of esters is 1. The van der Waals surface area contributed by atoms with Crippen molar-refractivity contribution in [3.8, 4) is 11.3 Å². The van der Waals surface area contributed by atoms with E-state index >= 15 is 0 Å². The number of carbonyl (C=O) groups is 1. The van der Waals surface area contributed by atoms with Crippen LogP contribution < -0.4 is 0 Å². The molecule has 0 spiro atoms. The van der Waals surface area contributed by atoms with Crippen LogP contribution in [0.3, 0.4) is 0 Å². The van der Waals surface area contributed by atoms with Crippen LogP contribution in [0.5, 0.6) is 0 Å². The lowest BCUT2D eigenvalue weighted by Crippen LogP contribution is -2.00. The number of nitro benzene ring substituents is 1. The van der Waals surface area contributed by atoms with E-state index in [0.717, 1.165) is 5.69 Å². The summed E-state index contributed by atoms with van der Waals surface area (Å²) >= 11 is 1.39. The number of nitro groups is 1. The third kappa shape index (κ3) is 2.56. The lowest BCUT2D eigenvalue weighted by Gasteiger charge is -2.00. The van der Waals surface area contributed by atoms with E-state index in [-0.39, 0.29) is 18.3 Å². The van der Waals surface area contributed by atoms with E-state index in [4.69, 9.17) is 4.74 Å². The molecule has 0 saturated heterocycles. The molecule has 0 aliphatic carbocycles. The Kier molecular flexibility index (Phi) is 3.60. The Labute approximate surface area is 128 Å². The average molecular weight is 317 g/mol. The van der Waals surface area contributed by atoms with Crippen LogP contribution in [0.2, 0.25) is 0 Å². The van der Waals surface area contributed by atoms with E-state index in [1.165, 1.54) is 24.3 Å². The van der Waals surface area contributed by atoms with E-state index in [1.54, 1.807) is 28.8 Å². The van der Waals surface area contributed by atoms with Crippen LogP contribution in [0.15, 0.2) is 35.8 Å². The second-order valence-corrected chi connectivity index (χ2v) is 5.40. The molecule has 2 heterocycles. The number of benzene rings is 1. The van der Waals surface area contributed by atoms with Crippen molar-refractivity contribution in [1.82, 2.24) is 9.38 Å². The van der Waals surface area contributed by atoms with Crippen molar-refractivity contribution in [1.29, 1.82) is 0 Å². The number of rotatable bonds is 4. The Morgan fingerprint density at radius 2 is 2.23 bits per heavy atom. The lowest BCUT2D eigenvalue weighted by atomic mass is 10.1. The number of imidazole rings is 1. The van der Waals surface area contributed by atoms with Crippen molar-refractivity contribution in [2.24, 2.45) is 0 Å². The van der Waals surface area contributed by atoms with Crippen molar-refractivity contribution >= 4 is 28.0 Å². The van der Waals surface area contributed by atoms with Crippen LogP contribution in [0.4, 0.5) is 5.69 Å². The van der Waals surface area contributed by atoms with Crippen LogP contribution in [0.25, 0.3) is 16.2 Å². The summed E-state index contributed by atoms with van der Waals surface area (Å²) in [6, 6.07) is 6.46. The predicted molar refractivity (Wildman–Crippen MR) is 80.6 cm³/mol. The summed E-state index contributed by atoms with van der Waals surface area (Å²) in [7, 11) is 0. The highest BCUT2D eigenvalue weighted by Crippen LogP contribution is 2.30. The SMILES string of the molecule is CC(=O)OCc1csc2nc(-c3ccccc3[N+](=O)[O-])cn12. The molecular formula is C14H11N3O4S. The highest BCUT2D eigenvalue weighted by molar-refractivity contribution is 7.15. The summed E-state index contributed by atoms with van der Waals surface area (Å²) in [5.74, 6) is -0.363. The van der Waals surface area contributed by atoms with Gasteiger partial charge in [0.25, 0.3) is 5.69 Å². The van der Waals surface area contributed by atoms with E-state index in [1.807, 2.05) is 5.38 Å². The summed E-state index contributed by atoms with van der Waals surface area (Å²) in [5, 5.41) is 13.0. The largest absolute Gasteiger partial charge is 0.459 e. The zero-order valence-electron chi connectivity index (χ0n) is 11.6. The standard InChI is InChI=1S/C14H11N3O4S/c1-9(18)21-7-10-8-22-14-15-12(6-16(10)14)11-4-2-3-5-13(11)17(19)20/h2-6,8H,7H2,1H3. The summed E-state index contributed by atoms with van der Waals surface area (Å²) in [6.07, 6.45) is 1.72. The van der Waals surface area contributed by atoms with Crippen LogP contribution in [0, 0.1) is 10.1 Å². The first-order chi connectivity index (χ1) is 10.6. The van der Waals surface area contributed by atoms with E-state index in [2.05, 4.69) is 4.98 Å². The molecule has 0 aliphatic rings. The minimum absolute atomic E-state index is 0.00906. The summed E-state index contributed by atoms with van der Waals surface area (Å²) in [4.78, 5) is 26.7. The third-order valence-electron chi connectivity index (χ3n) is 3.08. The number of para-hydroxylation sites is 1. The van der Waals surface area contributed by atoms with E-state index < -0.39 is 4.92 Å². The van der Waals surface area contributed by atoms with Crippen LogP contribution in [-0.4, -0.2) is 20.3 Å². The second kappa shape index (κ2) is 5.57. The van der Waals surface area contributed by atoms with Crippen LogP contribution in [-0.2, 0) is 16.1 Å². The Balaban J connectivity index is 2.03. The Bertz CT molecular complexity index is 868. The van der Waals surface area contributed by atoms with Crippen LogP contribution in [0.1, 0.15) is 12.6 Å². The number of hydrogen-bond donors (Lipinski definition) is 0. The van der Waals surface area contributed by atoms with E-state index in [9.17, 15) is 14.9 Å². The Morgan fingerprint density at radius 3 is 2.95 bits per heavy atom. The third-order valence-corrected chi connectivity index (χ3v) is 3.97. The number of ether oxygens (including phenoxy) is 1. The molecule has 0 fully saturated rings. The summed E-state index contributed by atoms with van der Waals surface area (Å²) in [5.41, 5.74) is 1.76. The molecule has 0 N–H and O–H groups in total. The fraction of sp³-hybridized carbons (Fsp3) is 0.143. The quantitative estimate of drug-likeness (QED) is 0.419. The number of aromatic nitrogens is 2. The van der Waals surface area contributed by atoms with Gasteiger partial charge in [-0.05, 0) is 6.07 Å².